The van der Waals surface area contributed by atoms with E-state index in [0.717, 1.165) is 5.56 Å². The van der Waals surface area contributed by atoms with Crippen molar-refractivity contribution in [1.29, 1.82) is 5.41 Å². The van der Waals surface area contributed by atoms with Crippen LogP contribution in [0.25, 0.3) is 16.7 Å². The quantitative estimate of drug-likeness (QED) is 0.421. The normalized spacial score (nSPS) is 11.3. The van der Waals surface area contributed by atoms with E-state index in [1.807, 2.05) is 13.0 Å². The van der Waals surface area contributed by atoms with Crippen LogP contribution in [-0.2, 0) is 6.54 Å². The molecule has 5 aromatic heterocycles. The van der Waals surface area contributed by atoms with Gasteiger partial charge in [0, 0.05) is 12.3 Å². The van der Waals surface area contributed by atoms with E-state index < -0.39 is 5.91 Å². The van der Waals surface area contributed by atoms with Crippen LogP contribution in [0.4, 0.5) is 5.82 Å². The molecule has 0 saturated carbocycles. The first-order valence-electron chi connectivity index (χ1n) is 9.79. The largest absolute Gasteiger partial charge is 0.467 e. The first-order chi connectivity index (χ1) is 15.4. The summed E-state index contributed by atoms with van der Waals surface area (Å²) in [5.41, 5.74) is 1.12. The molecule has 0 bridgehead atoms. The van der Waals surface area contributed by atoms with Crippen LogP contribution in [0.3, 0.4) is 0 Å². The summed E-state index contributed by atoms with van der Waals surface area (Å²) in [7, 11) is 0. The Morgan fingerprint density at radius 2 is 2.03 bits per heavy atom. The Hall–Kier alpha value is -4.47. The maximum atomic E-state index is 13.3. The molecule has 0 aliphatic carbocycles. The van der Waals surface area contributed by atoms with Crippen molar-refractivity contribution >= 4 is 28.4 Å². The van der Waals surface area contributed by atoms with E-state index in [2.05, 4.69) is 15.5 Å². The van der Waals surface area contributed by atoms with E-state index in [9.17, 15) is 9.59 Å². The summed E-state index contributed by atoms with van der Waals surface area (Å²) < 4.78 is 13.3. The van der Waals surface area contributed by atoms with Crippen LogP contribution in [0.2, 0.25) is 0 Å². The minimum absolute atomic E-state index is 0.00351. The summed E-state index contributed by atoms with van der Waals surface area (Å²) in [5, 5.41) is 15.3. The van der Waals surface area contributed by atoms with Crippen LogP contribution in [0.1, 0.15) is 27.4 Å². The van der Waals surface area contributed by atoms with Crippen molar-refractivity contribution in [3.8, 4) is 0 Å². The van der Waals surface area contributed by atoms with Gasteiger partial charge in [0.05, 0.1) is 23.8 Å². The van der Waals surface area contributed by atoms with Crippen LogP contribution < -0.4 is 16.4 Å². The molecule has 0 saturated heterocycles. The molecule has 10 nitrogen and oxygen atoms in total. The van der Waals surface area contributed by atoms with E-state index >= 15 is 0 Å². The second-order valence-electron chi connectivity index (χ2n) is 7.39. The zero-order chi connectivity index (χ0) is 22.4. The lowest BCUT2D eigenvalue weighted by Crippen LogP contribution is -2.32. The summed E-state index contributed by atoms with van der Waals surface area (Å²) in [6, 6.07) is 10.0. The maximum absolute atomic E-state index is 13.3. The summed E-state index contributed by atoms with van der Waals surface area (Å²) in [6.45, 7) is 3.68. The molecule has 5 heterocycles. The van der Waals surface area contributed by atoms with Gasteiger partial charge < -0.3 is 18.8 Å². The minimum Gasteiger partial charge on any atom is -0.467 e. The molecule has 32 heavy (non-hydrogen) atoms. The van der Waals surface area contributed by atoms with Crippen molar-refractivity contribution in [1.82, 2.24) is 19.1 Å². The average Bonchev–Trinajstić information content (AvgIpc) is 3.42. The number of aryl methyl sites for hydroxylation is 2. The van der Waals surface area contributed by atoms with Gasteiger partial charge in [-0.3, -0.25) is 19.4 Å². The Balaban J connectivity index is 1.78. The number of carbonyl (C=O) groups excluding carboxylic acids is 1. The van der Waals surface area contributed by atoms with Gasteiger partial charge in [0.2, 0.25) is 0 Å². The number of carbonyl (C=O) groups is 1. The second-order valence-corrected chi connectivity index (χ2v) is 7.39. The number of nitrogens with zero attached hydrogens (tertiary/aromatic N) is 4. The van der Waals surface area contributed by atoms with Crippen LogP contribution >= 0.6 is 0 Å². The summed E-state index contributed by atoms with van der Waals surface area (Å²) in [5.74, 6) is 0.712. The first-order valence-corrected chi connectivity index (χ1v) is 9.79. The fraction of sp³-hybridized carbons (Fsp3) is 0.136. The maximum Gasteiger partial charge on any atom is 0.267 e. The molecule has 1 amide bonds. The number of rotatable bonds is 4. The summed E-state index contributed by atoms with van der Waals surface area (Å²) >= 11 is 0. The lowest BCUT2D eigenvalue weighted by Gasteiger charge is -2.14. The lowest BCUT2D eigenvalue weighted by molar-refractivity contribution is 0.102. The highest BCUT2D eigenvalue weighted by Crippen LogP contribution is 2.15. The number of furan rings is 1. The zero-order valence-corrected chi connectivity index (χ0v) is 17.2. The molecule has 10 heteroatoms. The van der Waals surface area contributed by atoms with E-state index in [1.165, 1.54) is 21.3 Å². The molecular weight excluding hydrogens is 412 g/mol. The molecule has 0 fully saturated rings. The van der Waals surface area contributed by atoms with Crippen molar-refractivity contribution in [2.24, 2.45) is 0 Å². The van der Waals surface area contributed by atoms with Crippen molar-refractivity contribution in [3.63, 3.8) is 0 Å². The Bertz CT molecular complexity index is 1610. The van der Waals surface area contributed by atoms with Crippen LogP contribution in [0.5, 0.6) is 0 Å². The molecular formula is C22H18N6O4. The molecule has 0 unspecified atom stereocenters. The van der Waals surface area contributed by atoms with E-state index in [1.54, 1.807) is 37.4 Å². The van der Waals surface area contributed by atoms with Gasteiger partial charge in [-0.1, -0.05) is 11.2 Å². The van der Waals surface area contributed by atoms with Crippen molar-refractivity contribution in [2.45, 2.75) is 20.4 Å². The van der Waals surface area contributed by atoms with Crippen LogP contribution in [-0.4, -0.2) is 25.0 Å². The molecule has 0 radical (unpaired) electrons. The second kappa shape index (κ2) is 7.34. The third-order valence-corrected chi connectivity index (χ3v) is 5.14. The zero-order valence-electron chi connectivity index (χ0n) is 17.2. The molecule has 160 valence electrons. The Morgan fingerprint density at radius 3 is 2.75 bits per heavy atom. The van der Waals surface area contributed by atoms with Crippen molar-refractivity contribution < 1.29 is 13.7 Å². The highest BCUT2D eigenvalue weighted by Gasteiger charge is 2.19. The third-order valence-electron chi connectivity index (χ3n) is 5.14. The highest BCUT2D eigenvalue weighted by molar-refractivity contribution is 6.05. The van der Waals surface area contributed by atoms with Gasteiger partial charge >= 0.3 is 0 Å². The summed E-state index contributed by atoms with van der Waals surface area (Å²) in [4.78, 5) is 31.0. The number of hydrogen-bond acceptors (Lipinski definition) is 7. The topological polar surface area (TPSA) is 131 Å². The molecule has 0 aromatic carbocycles. The fourth-order valence-corrected chi connectivity index (χ4v) is 3.59. The van der Waals surface area contributed by atoms with Gasteiger partial charge in [-0.2, -0.15) is 0 Å². The van der Waals surface area contributed by atoms with Gasteiger partial charge in [0.25, 0.3) is 11.5 Å². The SMILES string of the molecule is Cc1cc(NC(=O)c2cc3c(=O)n4cccc(C)c4nc3n(Cc3ccco3)c2=N)no1. The fourth-order valence-electron chi connectivity index (χ4n) is 3.59. The molecule has 0 aliphatic rings. The number of amides is 1. The van der Waals surface area contributed by atoms with Gasteiger partial charge in [0.15, 0.2) is 5.82 Å². The van der Waals surface area contributed by atoms with Crippen molar-refractivity contribution in [3.05, 3.63) is 87.3 Å². The number of nitrogens with one attached hydrogen (secondary N) is 2. The van der Waals surface area contributed by atoms with Gasteiger partial charge in [-0.15, -0.1) is 0 Å². The standard InChI is InChI=1S/C22H18N6O4/c1-12-5-3-7-27-19(12)25-20-16(22(27)30)10-15(21(29)24-17-9-13(2)32-26-17)18(23)28(20)11-14-6-4-8-31-14/h3-10,23H,11H2,1-2H3,(H,24,26,29). The van der Waals surface area contributed by atoms with Crippen LogP contribution in [0, 0.1) is 19.3 Å². The third kappa shape index (κ3) is 3.18. The van der Waals surface area contributed by atoms with E-state index in [0.29, 0.717) is 22.8 Å². The monoisotopic (exact) mass is 430 g/mol. The number of aromatic nitrogens is 4. The lowest BCUT2D eigenvalue weighted by atomic mass is 10.2. The predicted octanol–water partition coefficient (Wildman–Crippen LogP) is 2.63. The molecule has 0 aliphatic heterocycles. The molecule has 5 rings (SSSR count). The number of fused-ring (bicyclic) bond motifs is 2. The first kappa shape index (κ1) is 19.5. The number of anilines is 1. The molecule has 2 N–H and O–H groups in total. The van der Waals surface area contributed by atoms with Crippen LogP contribution in [0.15, 0.2) is 62.6 Å². The van der Waals surface area contributed by atoms with Gasteiger partial charge in [-0.05, 0) is 43.7 Å². The number of pyridine rings is 2. The molecule has 0 spiro atoms. The molecule has 0 atom stereocenters. The van der Waals surface area contributed by atoms with E-state index in [4.69, 9.17) is 14.3 Å². The highest BCUT2D eigenvalue weighted by atomic mass is 16.5. The Morgan fingerprint density at radius 1 is 1.19 bits per heavy atom. The molecule has 5 aromatic rings. The Labute approximate surface area is 180 Å². The van der Waals surface area contributed by atoms with Gasteiger partial charge in [0.1, 0.15) is 28.3 Å². The smallest absolute Gasteiger partial charge is 0.267 e. The number of hydrogen-bond donors (Lipinski definition) is 2. The van der Waals surface area contributed by atoms with Crippen molar-refractivity contribution in [2.75, 3.05) is 5.32 Å². The Kier molecular flexibility index (Phi) is 4.47. The average molecular weight is 430 g/mol. The predicted molar refractivity (Wildman–Crippen MR) is 115 cm³/mol. The van der Waals surface area contributed by atoms with E-state index in [-0.39, 0.29) is 34.4 Å². The summed E-state index contributed by atoms with van der Waals surface area (Å²) in [6.07, 6.45) is 3.15. The van der Waals surface area contributed by atoms with Gasteiger partial charge in [-0.25, -0.2) is 4.98 Å². The minimum atomic E-state index is -0.591.